The van der Waals surface area contributed by atoms with E-state index >= 15 is 0 Å². The van der Waals surface area contributed by atoms with Gasteiger partial charge in [-0.2, -0.15) is 0 Å². The first-order valence-corrected chi connectivity index (χ1v) is 9.38. The molecule has 3 aromatic rings. The van der Waals surface area contributed by atoms with E-state index in [2.05, 4.69) is 56.2 Å². The molecule has 0 radical (unpaired) electrons. The van der Waals surface area contributed by atoms with E-state index in [0.29, 0.717) is 5.69 Å². The van der Waals surface area contributed by atoms with E-state index in [-0.39, 0.29) is 5.82 Å². The zero-order chi connectivity index (χ0) is 18.2. The lowest BCUT2D eigenvalue weighted by Crippen LogP contribution is -2.46. The molecule has 2 aromatic carbocycles. The number of fused-ring (bicyclic) bond motifs is 1. The monoisotopic (exact) mass is 360 g/mol. The van der Waals surface area contributed by atoms with E-state index in [1.165, 1.54) is 5.69 Å². The highest BCUT2D eigenvalue weighted by atomic mass is 19.1. The quantitative estimate of drug-likeness (QED) is 0.753. The molecule has 1 aromatic heterocycles. The van der Waals surface area contributed by atoms with Gasteiger partial charge in [0, 0.05) is 37.9 Å². The molecule has 5 rings (SSSR count). The Morgan fingerprint density at radius 1 is 0.963 bits per heavy atom. The van der Waals surface area contributed by atoms with Crippen molar-refractivity contribution in [1.82, 2.24) is 9.97 Å². The number of hydrogen-bond donors (Lipinski definition) is 1. The maximum Gasteiger partial charge on any atom is 0.148 e. The van der Waals surface area contributed by atoms with Gasteiger partial charge in [0.2, 0.25) is 0 Å². The Kier molecular flexibility index (Phi) is 3.93. The molecule has 0 atom stereocenters. The maximum absolute atomic E-state index is 14.8. The minimum absolute atomic E-state index is 0.190. The Balaban J connectivity index is 1.38. The molecule has 2 aliphatic rings. The number of halogens is 1. The first-order valence-electron chi connectivity index (χ1n) is 9.38. The largest absolute Gasteiger partial charge is 0.368 e. The molecule has 136 valence electrons. The van der Waals surface area contributed by atoms with Crippen LogP contribution in [0.2, 0.25) is 0 Å². The van der Waals surface area contributed by atoms with E-state index < -0.39 is 0 Å². The van der Waals surface area contributed by atoms with Crippen LogP contribution >= 0.6 is 0 Å². The van der Waals surface area contributed by atoms with Gasteiger partial charge in [-0.05, 0) is 30.2 Å². The fourth-order valence-electron chi connectivity index (χ4n) is 3.88. The molecule has 1 N–H and O–H groups in total. The smallest absolute Gasteiger partial charge is 0.148 e. The summed E-state index contributed by atoms with van der Waals surface area (Å²) in [5.41, 5.74) is 4.58. The van der Waals surface area contributed by atoms with Crippen molar-refractivity contribution in [3.05, 3.63) is 72.3 Å². The topological polar surface area (TPSA) is 35.2 Å². The minimum atomic E-state index is -0.190. The number of piperazine rings is 1. The summed E-state index contributed by atoms with van der Waals surface area (Å²) >= 11 is 0. The average Bonchev–Trinajstić information content (AvgIpc) is 3.37. The number of imidazole rings is 1. The van der Waals surface area contributed by atoms with Crippen LogP contribution in [0.4, 0.5) is 15.8 Å². The van der Waals surface area contributed by atoms with E-state index in [4.69, 9.17) is 0 Å². The Labute approximate surface area is 157 Å². The van der Waals surface area contributed by atoms with Gasteiger partial charge in [0.05, 0.1) is 16.7 Å². The van der Waals surface area contributed by atoms with Gasteiger partial charge < -0.3 is 14.8 Å². The summed E-state index contributed by atoms with van der Waals surface area (Å²) in [5, 5.41) is 0. The van der Waals surface area contributed by atoms with Gasteiger partial charge in [0.1, 0.15) is 11.6 Å². The highest BCUT2D eigenvalue weighted by molar-refractivity contribution is 5.83. The summed E-state index contributed by atoms with van der Waals surface area (Å²) in [7, 11) is 0. The van der Waals surface area contributed by atoms with Crippen LogP contribution in [0.5, 0.6) is 0 Å². The van der Waals surface area contributed by atoms with E-state index in [9.17, 15) is 4.39 Å². The number of allylic oxidation sites excluding steroid dienone is 4. The Hall–Kier alpha value is -3.08. The lowest BCUT2D eigenvalue weighted by atomic mass is 10.2. The zero-order valence-electron chi connectivity index (χ0n) is 15.0. The number of rotatable bonds is 3. The summed E-state index contributed by atoms with van der Waals surface area (Å²) in [4.78, 5) is 12.4. The molecule has 1 aliphatic heterocycles. The predicted molar refractivity (Wildman–Crippen MR) is 109 cm³/mol. The van der Waals surface area contributed by atoms with Crippen molar-refractivity contribution in [3.8, 4) is 0 Å². The number of hydrogen-bond acceptors (Lipinski definition) is 3. The molecule has 4 nitrogen and oxygen atoms in total. The molecule has 1 saturated heterocycles. The number of aromatic nitrogens is 2. The highest BCUT2D eigenvalue weighted by Crippen LogP contribution is 2.29. The van der Waals surface area contributed by atoms with Crippen LogP contribution in [0, 0.1) is 5.82 Å². The molecule has 0 saturated carbocycles. The lowest BCUT2D eigenvalue weighted by molar-refractivity contribution is 0.599. The van der Waals surface area contributed by atoms with Gasteiger partial charge in [-0.25, -0.2) is 9.37 Å². The molecule has 0 amide bonds. The molecule has 27 heavy (non-hydrogen) atoms. The van der Waals surface area contributed by atoms with Crippen molar-refractivity contribution in [1.29, 1.82) is 0 Å². The molecule has 2 heterocycles. The number of para-hydroxylation sites is 1. The van der Waals surface area contributed by atoms with Crippen molar-refractivity contribution >= 4 is 28.0 Å². The van der Waals surface area contributed by atoms with Gasteiger partial charge in [0.25, 0.3) is 0 Å². The van der Waals surface area contributed by atoms with Crippen molar-refractivity contribution in [2.24, 2.45) is 0 Å². The second-order valence-corrected chi connectivity index (χ2v) is 7.04. The molecular weight excluding hydrogens is 339 g/mol. The van der Waals surface area contributed by atoms with Crippen LogP contribution in [0.15, 0.2) is 60.7 Å². The Bertz CT molecular complexity index is 1030. The minimum Gasteiger partial charge on any atom is -0.368 e. The number of aromatic amines is 1. The lowest BCUT2D eigenvalue weighted by Gasteiger charge is -2.37. The fraction of sp³-hybridized carbons (Fsp3) is 0.227. The summed E-state index contributed by atoms with van der Waals surface area (Å²) in [5.74, 6) is 0.643. The third kappa shape index (κ3) is 2.99. The standard InChI is InChI=1S/C22H21FN4/c23-18-14-19-20(25-22(24-19)16-6-4-5-7-16)15-21(18)27-12-10-26(11-13-27)17-8-2-1-3-9-17/h1-6,8-9,14-15H,7,10-13H2,(H,24,25). The number of H-pyrrole nitrogens is 1. The van der Waals surface area contributed by atoms with Gasteiger partial charge >= 0.3 is 0 Å². The van der Waals surface area contributed by atoms with Crippen LogP contribution in [0.1, 0.15) is 12.2 Å². The zero-order valence-corrected chi connectivity index (χ0v) is 15.0. The van der Waals surface area contributed by atoms with Crippen molar-refractivity contribution < 1.29 is 4.39 Å². The van der Waals surface area contributed by atoms with Gasteiger partial charge in [-0.1, -0.05) is 36.4 Å². The predicted octanol–water partition coefficient (Wildman–Crippen LogP) is 4.37. The van der Waals surface area contributed by atoms with E-state index in [1.807, 2.05) is 18.2 Å². The SMILES string of the molecule is Fc1cc2[nH]c(C3=CC=CC3)nc2cc1N1CCN(c2ccccc2)CC1. The van der Waals surface area contributed by atoms with Gasteiger partial charge in [0.15, 0.2) is 0 Å². The number of nitrogens with one attached hydrogen (secondary N) is 1. The Morgan fingerprint density at radius 3 is 2.48 bits per heavy atom. The summed E-state index contributed by atoms with van der Waals surface area (Å²) < 4.78 is 14.8. The molecule has 5 heteroatoms. The number of anilines is 2. The molecule has 1 aliphatic carbocycles. The van der Waals surface area contributed by atoms with Crippen LogP contribution in [0.3, 0.4) is 0 Å². The van der Waals surface area contributed by atoms with Crippen LogP contribution in [-0.2, 0) is 0 Å². The molecule has 0 spiro atoms. The Morgan fingerprint density at radius 2 is 1.74 bits per heavy atom. The molecular formula is C22H21FN4. The van der Waals surface area contributed by atoms with Crippen molar-refractivity contribution in [2.75, 3.05) is 36.0 Å². The maximum atomic E-state index is 14.8. The highest BCUT2D eigenvalue weighted by Gasteiger charge is 2.21. The normalized spacial score (nSPS) is 17.0. The van der Waals surface area contributed by atoms with Crippen LogP contribution in [-0.4, -0.2) is 36.1 Å². The van der Waals surface area contributed by atoms with Gasteiger partial charge in [-0.15, -0.1) is 0 Å². The van der Waals surface area contributed by atoms with Gasteiger partial charge in [-0.3, -0.25) is 0 Å². The number of nitrogens with zero attached hydrogens (tertiary/aromatic N) is 3. The van der Waals surface area contributed by atoms with E-state index in [1.54, 1.807) is 6.07 Å². The molecule has 0 bridgehead atoms. The van der Waals surface area contributed by atoms with Crippen molar-refractivity contribution in [3.63, 3.8) is 0 Å². The van der Waals surface area contributed by atoms with Crippen LogP contribution in [0.25, 0.3) is 16.6 Å². The van der Waals surface area contributed by atoms with Crippen LogP contribution < -0.4 is 9.80 Å². The molecule has 1 fully saturated rings. The molecule has 0 unspecified atom stereocenters. The van der Waals surface area contributed by atoms with Crippen molar-refractivity contribution in [2.45, 2.75) is 6.42 Å². The summed E-state index contributed by atoms with van der Waals surface area (Å²) in [6.45, 7) is 3.35. The average molecular weight is 360 g/mol. The third-order valence-corrected chi connectivity index (χ3v) is 5.37. The third-order valence-electron chi connectivity index (χ3n) is 5.37. The second kappa shape index (κ2) is 6.58. The first kappa shape index (κ1) is 16.1. The number of benzene rings is 2. The fourth-order valence-corrected chi connectivity index (χ4v) is 3.88. The van der Waals surface area contributed by atoms with E-state index in [0.717, 1.165) is 55.0 Å². The second-order valence-electron chi connectivity index (χ2n) is 7.04. The summed E-state index contributed by atoms with van der Waals surface area (Å²) in [6, 6.07) is 13.8. The summed E-state index contributed by atoms with van der Waals surface area (Å²) in [6.07, 6.45) is 7.05. The first-order chi connectivity index (χ1) is 13.3.